The Bertz CT molecular complexity index is 1110. The van der Waals surface area contributed by atoms with Gasteiger partial charge in [0.1, 0.15) is 16.9 Å². The number of likely N-dealkylation sites (tertiary alicyclic amines) is 1. The van der Waals surface area contributed by atoms with Crippen LogP contribution in [-0.4, -0.2) is 23.9 Å². The maximum atomic E-state index is 12.6. The fraction of sp³-hybridized carbons (Fsp3) is 0.478. The Hall–Kier alpha value is -2.56. The number of hydrogen-bond donors (Lipinski definition) is 0. The molecule has 1 aliphatic heterocycles. The highest BCUT2D eigenvalue weighted by molar-refractivity contribution is 5.96. The maximum Gasteiger partial charge on any atom is 0.339 e. The second-order valence-corrected chi connectivity index (χ2v) is 8.18. The number of amides is 1. The molecule has 0 bridgehead atoms. The second-order valence-electron chi connectivity index (χ2n) is 8.18. The van der Waals surface area contributed by atoms with Crippen molar-refractivity contribution in [3.63, 3.8) is 0 Å². The van der Waals surface area contributed by atoms with Crippen LogP contribution in [0.2, 0.25) is 0 Å². The number of nitrogens with zero attached hydrogens (tertiary/aromatic N) is 1. The van der Waals surface area contributed by atoms with Crippen LogP contribution in [0.25, 0.3) is 21.9 Å². The van der Waals surface area contributed by atoms with E-state index in [2.05, 4.69) is 6.92 Å². The van der Waals surface area contributed by atoms with Crippen LogP contribution in [0.1, 0.15) is 48.6 Å². The maximum absolute atomic E-state index is 12.6. The zero-order valence-electron chi connectivity index (χ0n) is 17.1. The van der Waals surface area contributed by atoms with E-state index in [4.69, 9.17) is 8.83 Å². The van der Waals surface area contributed by atoms with E-state index in [0.29, 0.717) is 29.9 Å². The molecule has 2 aromatic heterocycles. The molecule has 0 saturated carbocycles. The molecule has 0 spiro atoms. The molecule has 0 unspecified atom stereocenters. The van der Waals surface area contributed by atoms with E-state index < -0.39 is 0 Å². The third-order valence-corrected chi connectivity index (χ3v) is 6.31. The lowest BCUT2D eigenvalue weighted by Gasteiger charge is -2.30. The van der Waals surface area contributed by atoms with Gasteiger partial charge >= 0.3 is 5.63 Å². The Morgan fingerprint density at radius 3 is 2.39 bits per heavy atom. The Morgan fingerprint density at radius 1 is 1.04 bits per heavy atom. The van der Waals surface area contributed by atoms with E-state index >= 15 is 0 Å². The monoisotopic (exact) mass is 381 g/mol. The second kappa shape index (κ2) is 7.12. The first-order chi connectivity index (χ1) is 13.3. The quantitative estimate of drug-likeness (QED) is 0.619. The van der Waals surface area contributed by atoms with Crippen LogP contribution in [-0.2, 0) is 11.2 Å². The van der Waals surface area contributed by atoms with Crippen LogP contribution in [0.3, 0.4) is 0 Å². The van der Waals surface area contributed by atoms with Crippen LogP contribution < -0.4 is 5.63 Å². The Labute approximate surface area is 164 Å². The van der Waals surface area contributed by atoms with Gasteiger partial charge in [0.25, 0.3) is 0 Å². The average molecular weight is 381 g/mol. The van der Waals surface area contributed by atoms with Gasteiger partial charge in [-0.25, -0.2) is 4.79 Å². The van der Waals surface area contributed by atoms with E-state index in [1.54, 1.807) is 6.07 Å². The summed E-state index contributed by atoms with van der Waals surface area (Å²) in [6, 6.07) is 3.83. The number of carbonyl (C=O) groups is 1. The number of carbonyl (C=O) groups excluding carboxylic acids is 1. The average Bonchev–Trinajstić information content (AvgIpc) is 2.94. The summed E-state index contributed by atoms with van der Waals surface area (Å²) in [4.78, 5) is 27.1. The van der Waals surface area contributed by atoms with Gasteiger partial charge in [0, 0.05) is 41.9 Å². The number of fused-ring (bicyclic) bond motifs is 2. The smallest absolute Gasteiger partial charge is 0.339 e. The molecule has 0 aliphatic carbocycles. The molecule has 0 N–H and O–H groups in total. The van der Waals surface area contributed by atoms with Crippen LogP contribution >= 0.6 is 0 Å². The van der Waals surface area contributed by atoms with Gasteiger partial charge in [-0.1, -0.05) is 6.92 Å². The Morgan fingerprint density at radius 2 is 1.68 bits per heavy atom. The van der Waals surface area contributed by atoms with Crippen molar-refractivity contribution in [2.75, 3.05) is 13.1 Å². The molecule has 0 atom stereocenters. The van der Waals surface area contributed by atoms with Crippen molar-refractivity contribution in [3.8, 4) is 0 Å². The lowest BCUT2D eigenvalue weighted by molar-refractivity contribution is -0.132. The number of aryl methyl sites for hydroxylation is 3. The van der Waals surface area contributed by atoms with Crippen molar-refractivity contribution in [1.29, 1.82) is 0 Å². The molecule has 4 rings (SSSR count). The Kier molecular flexibility index (Phi) is 4.77. The van der Waals surface area contributed by atoms with E-state index in [0.717, 1.165) is 59.2 Å². The minimum atomic E-state index is -0.357. The van der Waals surface area contributed by atoms with Gasteiger partial charge in [-0.05, 0) is 63.1 Å². The standard InChI is InChI=1S/C23H27NO4/c1-13-7-9-24(10-8-13)22(25)6-5-17-15(3)19-11-18-14(2)16(4)27-20(18)12-21(19)28-23(17)26/h11-13H,5-10H2,1-4H3. The van der Waals surface area contributed by atoms with E-state index in [1.807, 2.05) is 31.7 Å². The van der Waals surface area contributed by atoms with Crippen LogP contribution in [0.15, 0.2) is 25.8 Å². The molecule has 1 aromatic carbocycles. The van der Waals surface area contributed by atoms with Gasteiger partial charge in [-0.3, -0.25) is 4.79 Å². The summed E-state index contributed by atoms with van der Waals surface area (Å²) in [5.74, 6) is 1.68. The summed E-state index contributed by atoms with van der Waals surface area (Å²) in [5, 5.41) is 1.94. The zero-order valence-corrected chi connectivity index (χ0v) is 17.1. The summed E-state index contributed by atoms with van der Waals surface area (Å²) >= 11 is 0. The highest BCUT2D eigenvalue weighted by atomic mass is 16.4. The summed E-state index contributed by atoms with van der Waals surface area (Å²) in [5.41, 5.74) is 3.49. The molecule has 3 heterocycles. The van der Waals surface area contributed by atoms with Crippen molar-refractivity contribution in [2.45, 2.75) is 53.4 Å². The molecule has 148 valence electrons. The molecule has 5 nitrogen and oxygen atoms in total. The number of piperidine rings is 1. The van der Waals surface area contributed by atoms with Crippen molar-refractivity contribution in [3.05, 3.63) is 45.0 Å². The van der Waals surface area contributed by atoms with Crippen molar-refractivity contribution in [1.82, 2.24) is 4.90 Å². The summed E-state index contributed by atoms with van der Waals surface area (Å²) in [6.45, 7) is 9.77. The Balaban J connectivity index is 1.63. The first-order valence-electron chi connectivity index (χ1n) is 10.1. The molecule has 1 amide bonds. The molecule has 1 aliphatic rings. The van der Waals surface area contributed by atoms with Gasteiger partial charge < -0.3 is 13.7 Å². The molecule has 5 heteroatoms. The largest absolute Gasteiger partial charge is 0.461 e. The summed E-state index contributed by atoms with van der Waals surface area (Å²) in [6.07, 6.45) is 2.87. The normalized spacial score (nSPS) is 15.6. The molecule has 0 radical (unpaired) electrons. The fourth-order valence-corrected chi connectivity index (χ4v) is 4.16. The SMILES string of the molecule is Cc1oc2cc3oc(=O)c(CCC(=O)N4CCC(C)CC4)c(C)c3cc2c1C. The molecule has 1 saturated heterocycles. The van der Waals surface area contributed by atoms with Crippen molar-refractivity contribution in [2.24, 2.45) is 5.92 Å². The van der Waals surface area contributed by atoms with E-state index in [9.17, 15) is 9.59 Å². The van der Waals surface area contributed by atoms with Crippen LogP contribution in [0.5, 0.6) is 0 Å². The fourth-order valence-electron chi connectivity index (χ4n) is 4.16. The van der Waals surface area contributed by atoms with E-state index in [-0.39, 0.29) is 11.5 Å². The number of rotatable bonds is 3. The summed E-state index contributed by atoms with van der Waals surface area (Å²) < 4.78 is 11.3. The minimum Gasteiger partial charge on any atom is -0.461 e. The van der Waals surface area contributed by atoms with Gasteiger partial charge in [0.05, 0.1) is 0 Å². The number of furan rings is 1. The van der Waals surface area contributed by atoms with Gasteiger partial charge in [0.15, 0.2) is 0 Å². The van der Waals surface area contributed by atoms with E-state index in [1.165, 1.54) is 0 Å². The lowest BCUT2D eigenvalue weighted by Crippen LogP contribution is -2.38. The number of hydrogen-bond acceptors (Lipinski definition) is 4. The van der Waals surface area contributed by atoms with Crippen molar-refractivity contribution < 1.29 is 13.6 Å². The highest BCUT2D eigenvalue weighted by Gasteiger charge is 2.21. The third-order valence-electron chi connectivity index (χ3n) is 6.31. The predicted octanol–water partition coefficient (Wildman–Crippen LogP) is 4.66. The van der Waals surface area contributed by atoms with Crippen LogP contribution in [0.4, 0.5) is 0 Å². The van der Waals surface area contributed by atoms with Crippen LogP contribution in [0, 0.1) is 26.7 Å². The topological polar surface area (TPSA) is 63.7 Å². The third kappa shape index (κ3) is 3.23. The minimum absolute atomic E-state index is 0.127. The summed E-state index contributed by atoms with van der Waals surface area (Å²) in [7, 11) is 0. The molecule has 3 aromatic rings. The molecular formula is C23H27NO4. The molecule has 1 fully saturated rings. The molecule has 28 heavy (non-hydrogen) atoms. The number of benzene rings is 1. The highest BCUT2D eigenvalue weighted by Crippen LogP contribution is 2.31. The first-order valence-corrected chi connectivity index (χ1v) is 10.1. The van der Waals surface area contributed by atoms with Crippen molar-refractivity contribution >= 4 is 27.8 Å². The predicted molar refractivity (Wildman–Crippen MR) is 110 cm³/mol. The first kappa shape index (κ1) is 18.8. The van der Waals surface area contributed by atoms with Gasteiger partial charge in [-0.15, -0.1) is 0 Å². The molecular weight excluding hydrogens is 354 g/mol. The van der Waals surface area contributed by atoms with Gasteiger partial charge in [0.2, 0.25) is 5.91 Å². The lowest BCUT2D eigenvalue weighted by atomic mass is 9.98. The zero-order chi connectivity index (χ0) is 20.0. The van der Waals surface area contributed by atoms with Gasteiger partial charge in [-0.2, -0.15) is 0 Å².